The van der Waals surface area contributed by atoms with Crippen LogP contribution in [0.2, 0.25) is 0 Å². The van der Waals surface area contributed by atoms with E-state index in [0.717, 1.165) is 16.5 Å². The first-order valence-corrected chi connectivity index (χ1v) is 4.37. The quantitative estimate of drug-likeness (QED) is 0.721. The van der Waals surface area contributed by atoms with E-state index in [4.69, 9.17) is 0 Å². The highest BCUT2D eigenvalue weighted by atomic mass is 19.3. The molecule has 0 bridgehead atoms. The van der Waals surface area contributed by atoms with Gasteiger partial charge >= 0.3 is 0 Å². The lowest BCUT2D eigenvalue weighted by molar-refractivity contribution is 0.122. The molecule has 0 radical (unpaired) electrons. The number of hydrogen-bond donors (Lipinski definition) is 0. The molecule has 0 amide bonds. The Balaban J connectivity index is 2.41. The summed E-state index contributed by atoms with van der Waals surface area (Å²) in [6.45, 7) is 1.62. The standard InChI is InChI=1S/C10H10F2N2/c1-7-2-3-9-8(4-7)5-14(13-9)6-10(11)12/h2-5,10H,6H2,1H3. The third kappa shape index (κ3) is 1.73. The van der Waals surface area contributed by atoms with Crippen molar-refractivity contribution in [3.05, 3.63) is 30.0 Å². The Morgan fingerprint density at radius 1 is 1.43 bits per heavy atom. The number of nitrogens with zero attached hydrogens (tertiary/aromatic N) is 2. The molecule has 2 nitrogen and oxygen atoms in total. The van der Waals surface area contributed by atoms with E-state index in [0.29, 0.717) is 0 Å². The average Bonchev–Trinajstić information content (AvgIpc) is 2.44. The minimum Gasteiger partial charge on any atom is -0.266 e. The highest BCUT2D eigenvalue weighted by molar-refractivity contribution is 5.78. The molecule has 0 atom stereocenters. The monoisotopic (exact) mass is 196 g/mol. The summed E-state index contributed by atoms with van der Waals surface area (Å²) in [7, 11) is 0. The van der Waals surface area contributed by atoms with E-state index in [9.17, 15) is 8.78 Å². The summed E-state index contributed by atoms with van der Waals surface area (Å²) in [4.78, 5) is 0. The van der Waals surface area contributed by atoms with Gasteiger partial charge in [0.2, 0.25) is 0 Å². The molecule has 0 unspecified atom stereocenters. The number of aromatic nitrogens is 2. The molecule has 0 saturated carbocycles. The van der Waals surface area contributed by atoms with Crippen LogP contribution in [0, 0.1) is 6.92 Å². The Hall–Kier alpha value is -1.45. The van der Waals surface area contributed by atoms with Gasteiger partial charge in [-0.3, -0.25) is 4.68 Å². The number of aryl methyl sites for hydroxylation is 1. The molecule has 0 spiro atoms. The topological polar surface area (TPSA) is 17.8 Å². The zero-order valence-electron chi connectivity index (χ0n) is 7.74. The fourth-order valence-corrected chi connectivity index (χ4v) is 1.43. The summed E-state index contributed by atoms with van der Waals surface area (Å²) >= 11 is 0. The maximum Gasteiger partial charge on any atom is 0.257 e. The molecule has 0 saturated heterocycles. The van der Waals surface area contributed by atoms with E-state index in [-0.39, 0.29) is 6.54 Å². The van der Waals surface area contributed by atoms with Crippen LogP contribution in [0.3, 0.4) is 0 Å². The van der Waals surface area contributed by atoms with Crippen LogP contribution in [0.4, 0.5) is 8.78 Å². The molecule has 2 aromatic rings. The van der Waals surface area contributed by atoms with E-state index in [1.54, 1.807) is 6.20 Å². The van der Waals surface area contributed by atoms with Gasteiger partial charge in [0.25, 0.3) is 6.43 Å². The molecule has 0 aliphatic carbocycles. The van der Waals surface area contributed by atoms with Gasteiger partial charge in [0.15, 0.2) is 0 Å². The Bertz CT molecular complexity index is 448. The van der Waals surface area contributed by atoms with Crippen LogP contribution < -0.4 is 0 Å². The van der Waals surface area contributed by atoms with Crippen LogP contribution in [0.25, 0.3) is 10.9 Å². The predicted molar refractivity (Wildman–Crippen MR) is 50.5 cm³/mol. The van der Waals surface area contributed by atoms with Crippen LogP contribution in [-0.2, 0) is 6.54 Å². The minimum atomic E-state index is -2.36. The summed E-state index contributed by atoms with van der Waals surface area (Å²) < 4.78 is 25.4. The highest BCUT2D eigenvalue weighted by Gasteiger charge is 2.06. The predicted octanol–water partition coefficient (Wildman–Crippen LogP) is 2.61. The maximum absolute atomic E-state index is 12.1. The van der Waals surface area contributed by atoms with Crippen molar-refractivity contribution in [2.75, 3.05) is 0 Å². The third-order valence-electron chi connectivity index (χ3n) is 2.03. The lowest BCUT2D eigenvalue weighted by atomic mass is 10.2. The van der Waals surface area contributed by atoms with Crippen molar-refractivity contribution in [2.24, 2.45) is 0 Å². The van der Waals surface area contributed by atoms with E-state index in [1.165, 1.54) is 4.68 Å². The largest absolute Gasteiger partial charge is 0.266 e. The smallest absolute Gasteiger partial charge is 0.257 e. The zero-order valence-corrected chi connectivity index (χ0v) is 7.74. The van der Waals surface area contributed by atoms with E-state index < -0.39 is 6.43 Å². The van der Waals surface area contributed by atoms with Gasteiger partial charge in [-0.2, -0.15) is 5.10 Å². The summed E-state index contributed by atoms with van der Waals surface area (Å²) in [5, 5.41) is 4.94. The number of fused-ring (bicyclic) bond motifs is 1. The van der Waals surface area contributed by atoms with Gasteiger partial charge in [0, 0.05) is 11.6 Å². The molecule has 14 heavy (non-hydrogen) atoms. The number of halogens is 2. The van der Waals surface area contributed by atoms with Crippen molar-refractivity contribution in [3.63, 3.8) is 0 Å². The van der Waals surface area contributed by atoms with Gasteiger partial charge in [-0.15, -0.1) is 0 Å². The van der Waals surface area contributed by atoms with Gasteiger partial charge in [-0.1, -0.05) is 11.6 Å². The minimum absolute atomic E-state index is 0.340. The normalized spacial score (nSPS) is 11.4. The lowest BCUT2D eigenvalue weighted by Crippen LogP contribution is -2.06. The average molecular weight is 196 g/mol. The number of benzene rings is 1. The molecule has 1 aromatic carbocycles. The fraction of sp³-hybridized carbons (Fsp3) is 0.300. The van der Waals surface area contributed by atoms with Crippen molar-refractivity contribution in [1.29, 1.82) is 0 Å². The molecule has 0 N–H and O–H groups in total. The first-order valence-electron chi connectivity index (χ1n) is 4.37. The lowest BCUT2D eigenvalue weighted by Gasteiger charge is -1.96. The highest BCUT2D eigenvalue weighted by Crippen LogP contribution is 2.14. The van der Waals surface area contributed by atoms with Crippen LogP contribution in [-0.4, -0.2) is 16.2 Å². The molecule has 1 aromatic heterocycles. The van der Waals surface area contributed by atoms with Crippen LogP contribution in [0.1, 0.15) is 5.56 Å². The van der Waals surface area contributed by atoms with Gasteiger partial charge in [-0.05, 0) is 19.1 Å². The Labute approximate surface area is 80.1 Å². The van der Waals surface area contributed by atoms with Crippen molar-refractivity contribution >= 4 is 10.9 Å². The molecule has 74 valence electrons. The van der Waals surface area contributed by atoms with Crippen LogP contribution >= 0.6 is 0 Å². The molecule has 1 heterocycles. The maximum atomic E-state index is 12.1. The molecule has 0 aliphatic heterocycles. The van der Waals surface area contributed by atoms with E-state index in [2.05, 4.69) is 5.10 Å². The summed E-state index contributed by atoms with van der Waals surface area (Å²) in [6, 6.07) is 5.69. The first-order chi connectivity index (χ1) is 6.65. The summed E-state index contributed by atoms with van der Waals surface area (Å²) in [5.41, 5.74) is 1.87. The van der Waals surface area contributed by atoms with Crippen molar-refractivity contribution in [1.82, 2.24) is 9.78 Å². The Morgan fingerprint density at radius 2 is 2.21 bits per heavy atom. The molecule has 4 heteroatoms. The van der Waals surface area contributed by atoms with E-state index >= 15 is 0 Å². The number of rotatable bonds is 2. The first kappa shape index (κ1) is 9.12. The van der Waals surface area contributed by atoms with Gasteiger partial charge in [-0.25, -0.2) is 8.78 Å². The van der Waals surface area contributed by atoms with Crippen molar-refractivity contribution in [3.8, 4) is 0 Å². The molecular weight excluding hydrogens is 186 g/mol. The van der Waals surface area contributed by atoms with Crippen molar-refractivity contribution in [2.45, 2.75) is 19.9 Å². The molecule has 0 fully saturated rings. The number of hydrogen-bond acceptors (Lipinski definition) is 1. The van der Waals surface area contributed by atoms with Crippen LogP contribution in [0.15, 0.2) is 24.4 Å². The summed E-state index contributed by atoms with van der Waals surface area (Å²) in [5.74, 6) is 0. The van der Waals surface area contributed by atoms with Crippen LogP contribution in [0.5, 0.6) is 0 Å². The second-order valence-corrected chi connectivity index (χ2v) is 3.30. The van der Waals surface area contributed by atoms with Gasteiger partial charge in [0.05, 0.1) is 5.52 Å². The zero-order chi connectivity index (χ0) is 10.1. The third-order valence-corrected chi connectivity index (χ3v) is 2.03. The molecular formula is C10H10F2N2. The molecule has 2 rings (SSSR count). The SMILES string of the molecule is Cc1ccc2nn(CC(F)F)cc2c1. The second-order valence-electron chi connectivity index (χ2n) is 3.30. The van der Waals surface area contributed by atoms with Gasteiger partial charge in [0.1, 0.15) is 6.54 Å². The Morgan fingerprint density at radius 3 is 2.93 bits per heavy atom. The number of alkyl halides is 2. The van der Waals surface area contributed by atoms with E-state index in [1.807, 2.05) is 25.1 Å². The molecule has 0 aliphatic rings. The Kier molecular flexibility index (Phi) is 2.19. The fourth-order valence-electron chi connectivity index (χ4n) is 1.43. The summed E-state index contributed by atoms with van der Waals surface area (Å²) in [6.07, 6.45) is -0.709. The van der Waals surface area contributed by atoms with Gasteiger partial charge < -0.3 is 0 Å². The van der Waals surface area contributed by atoms with Crippen molar-refractivity contribution < 1.29 is 8.78 Å². The second kappa shape index (κ2) is 3.36.